The second kappa shape index (κ2) is 6.02. The molecule has 0 saturated heterocycles. The second-order valence-corrected chi connectivity index (χ2v) is 6.67. The molecule has 0 amide bonds. The summed E-state index contributed by atoms with van der Waals surface area (Å²) >= 11 is 5.39. The third-order valence-electron chi connectivity index (χ3n) is 3.23. The van der Waals surface area contributed by atoms with E-state index in [1.165, 1.54) is 27.9 Å². The monoisotopic (exact) mass is 289 g/mol. The van der Waals surface area contributed by atoms with Gasteiger partial charge in [0.25, 0.3) is 0 Å². The van der Waals surface area contributed by atoms with Crippen LogP contribution >= 0.6 is 27.3 Å². The molecule has 0 spiro atoms. The van der Waals surface area contributed by atoms with Gasteiger partial charge in [-0.1, -0.05) is 13.8 Å². The minimum absolute atomic E-state index is 0.430. The number of hydrogen-bond donors (Lipinski definition) is 1. The summed E-state index contributed by atoms with van der Waals surface area (Å²) in [5.74, 6) is 0. The highest BCUT2D eigenvalue weighted by atomic mass is 79.9. The van der Waals surface area contributed by atoms with E-state index in [1.54, 1.807) is 0 Å². The lowest BCUT2D eigenvalue weighted by atomic mass is 9.78. The third kappa shape index (κ3) is 3.58. The predicted octanol–water partition coefficient (Wildman–Crippen LogP) is 4.08. The van der Waals surface area contributed by atoms with Gasteiger partial charge in [0.15, 0.2) is 0 Å². The van der Waals surface area contributed by atoms with E-state index in [9.17, 15) is 0 Å². The summed E-state index contributed by atoms with van der Waals surface area (Å²) in [6.45, 7) is 5.70. The zero-order valence-corrected chi connectivity index (χ0v) is 12.2. The van der Waals surface area contributed by atoms with Gasteiger partial charge in [-0.3, -0.25) is 0 Å². The van der Waals surface area contributed by atoms with Gasteiger partial charge in [-0.05, 0) is 59.8 Å². The van der Waals surface area contributed by atoms with E-state index in [0.717, 1.165) is 6.54 Å². The summed E-state index contributed by atoms with van der Waals surface area (Å²) in [6, 6.07) is 4.39. The Labute approximate surface area is 105 Å². The number of nitrogens with one attached hydrogen (secondary N) is 1. The summed E-state index contributed by atoms with van der Waals surface area (Å²) < 4.78 is 1.24. The molecule has 1 heterocycles. The Bertz CT molecular complexity index is 292. The average molecular weight is 290 g/mol. The van der Waals surface area contributed by atoms with Crippen molar-refractivity contribution in [3.05, 3.63) is 20.8 Å². The van der Waals surface area contributed by atoms with Crippen LogP contribution in [0.4, 0.5) is 0 Å². The number of rotatable bonds is 6. The van der Waals surface area contributed by atoms with Crippen LogP contribution < -0.4 is 5.32 Å². The molecule has 0 fully saturated rings. The van der Waals surface area contributed by atoms with Crippen LogP contribution in [-0.4, -0.2) is 13.6 Å². The number of hydrogen-bond acceptors (Lipinski definition) is 2. The van der Waals surface area contributed by atoms with Gasteiger partial charge in [0.05, 0.1) is 3.79 Å². The highest BCUT2D eigenvalue weighted by molar-refractivity contribution is 9.11. The minimum Gasteiger partial charge on any atom is -0.319 e. The van der Waals surface area contributed by atoms with Crippen molar-refractivity contribution in [2.75, 3.05) is 13.6 Å². The van der Waals surface area contributed by atoms with Crippen LogP contribution in [0.5, 0.6) is 0 Å². The van der Waals surface area contributed by atoms with Crippen LogP contribution in [0.15, 0.2) is 15.9 Å². The highest BCUT2D eigenvalue weighted by Crippen LogP contribution is 2.34. The van der Waals surface area contributed by atoms with Crippen LogP contribution in [0.3, 0.4) is 0 Å². The average Bonchev–Trinajstić information content (AvgIpc) is 2.63. The molecule has 1 nitrogen and oxygen atoms in total. The molecule has 0 radical (unpaired) electrons. The van der Waals surface area contributed by atoms with E-state index in [2.05, 4.69) is 47.2 Å². The smallest absolute Gasteiger partial charge is 0.0701 e. The van der Waals surface area contributed by atoms with E-state index < -0.39 is 0 Å². The topological polar surface area (TPSA) is 12.0 Å². The first-order valence-corrected chi connectivity index (χ1v) is 7.15. The standard InChI is InChI=1S/C12H20BrNS/c1-4-12(5-2,9-14-3)8-10-6-7-11(13)15-10/h6-7,14H,4-5,8-9H2,1-3H3. The molecule has 0 aliphatic carbocycles. The van der Waals surface area contributed by atoms with Gasteiger partial charge in [-0.2, -0.15) is 0 Å². The van der Waals surface area contributed by atoms with Crippen molar-refractivity contribution in [1.82, 2.24) is 5.32 Å². The van der Waals surface area contributed by atoms with Crippen molar-refractivity contribution in [2.24, 2.45) is 5.41 Å². The predicted molar refractivity (Wildman–Crippen MR) is 72.7 cm³/mol. The molecule has 0 aromatic carbocycles. The molecular formula is C12H20BrNS. The molecule has 1 N–H and O–H groups in total. The summed E-state index contributed by atoms with van der Waals surface area (Å²) in [5.41, 5.74) is 0.430. The van der Waals surface area contributed by atoms with Crippen LogP contribution in [0.25, 0.3) is 0 Å². The zero-order valence-electron chi connectivity index (χ0n) is 9.77. The van der Waals surface area contributed by atoms with Gasteiger partial charge in [0, 0.05) is 11.4 Å². The fourth-order valence-corrected chi connectivity index (χ4v) is 3.66. The molecule has 1 aromatic rings. The Balaban J connectivity index is 2.73. The maximum atomic E-state index is 3.53. The fourth-order valence-electron chi connectivity index (χ4n) is 2.00. The first-order chi connectivity index (χ1) is 7.15. The lowest BCUT2D eigenvalue weighted by Gasteiger charge is -2.31. The van der Waals surface area contributed by atoms with Gasteiger partial charge in [-0.25, -0.2) is 0 Å². The molecule has 0 aliphatic rings. The molecule has 0 atom stereocenters. The highest BCUT2D eigenvalue weighted by Gasteiger charge is 2.26. The first-order valence-electron chi connectivity index (χ1n) is 5.54. The number of thiophene rings is 1. The Kier molecular flexibility index (Phi) is 5.30. The molecule has 0 aliphatic heterocycles. The summed E-state index contributed by atoms with van der Waals surface area (Å²) in [5, 5.41) is 3.33. The van der Waals surface area contributed by atoms with Crippen molar-refractivity contribution >= 4 is 27.3 Å². The van der Waals surface area contributed by atoms with E-state index in [-0.39, 0.29) is 0 Å². The minimum atomic E-state index is 0.430. The largest absolute Gasteiger partial charge is 0.319 e. The summed E-state index contributed by atoms with van der Waals surface area (Å²) in [4.78, 5) is 1.49. The van der Waals surface area contributed by atoms with Crippen LogP contribution in [-0.2, 0) is 6.42 Å². The van der Waals surface area contributed by atoms with Gasteiger partial charge in [0.2, 0.25) is 0 Å². The number of halogens is 1. The Morgan fingerprint density at radius 1 is 1.33 bits per heavy atom. The van der Waals surface area contributed by atoms with Gasteiger partial charge in [0.1, 0.15) is 0 Å². The van der Waals surface area contributed by atoms with Crippen LogP contribution in [0.2, 0.25) is 0 Å². The maximum Gasteiger partial charge on any atom is 0.0701 e. The molecule has 1 aromatic heterocycles. The normalized spacial score (nSPS) is 12.0. The third-order valence-corrected chi connectivity index (χ3v) is 4.85. The van der Waals surface area contributed by atoms with Crippen molar-refractivity contribution < 1.29 is 0 Å². The molecule has 0 unspecified atom stereocenters. The summed E-state index contributed by atoms with van der Waals surface area (Å²) in [6.07, 6.45) is 3.66. The van der Waals surface area contributed by atoms with Crippen molar-refractivity contribution in [1.29, 1.82) is 0 Å². The Hall–Kier alpha value is 0.140. The SMILES string of the molecule is CCC(CC)(CNC)Cc1ccc(Br)s1. The lowest BCUT2D eigenvalue weighted by molar-refractivity contribution is 0.255. The summed E-state index contributed by atoms with van der Waals surface area (Å²) in [7, 11) is 2.05. The first kappa shape index (κ1) is 13.2. The molecule has 3 heteroatoms. The molecule has 15 heavy (non-hydrogen) atoms. The quantitative estimate of drug-likeness (QED) is 0.832. The van der Waals surface area contributed by atoms with Crippen molar-refractivity contribution in [3.8, 4) is 0 Å². The van der Waals surface area contributed by atoms with Gasteiger partial charge < -0.3 is 5.32 Å². The van der Waals surface area contributed by atoms with Crippen LogP contribution in [0.1, 0.15) is 31.6 Å². The van der Waals surface area contributed by atoms with Crippen LogP contribution in [0, 0.1) is 5.41 Å². The molecule has 0 saturated carbocycles. The fraction of sp³-hybridized carbons (Fsp3) is 0.667. The van der Waals surface area contributed by atoms with Gasteiger partial charge in [-0.15, -0.1) is 11.3 Å². The maximum absolute atomic E-state index is 3.53. The van der Waals surface area contributed by atoms with Crippen molar-refractivity contribution in [3.63, 3.8) is 0 Å². The molecule has 86 valence electrons. The van der Waals surface area contributed by atoms with Gasteiger partial charge >= 0.3 is 0 Å². The zero-order chi connectivity index (χ0) is 11.3. The molecular weight excluding hydrogens is 270 g/mol. The lowest BCUT2D eigenvalue weighted by Crippen LogP contribution is -2.33. The molecule has 0 bridgehead atoms. The second-order valence-electron chi connectivity index (χ2n) is 4.12. The van der Waals surface area contributed by atoms with E-state index >= 15 is 0 Å². The van der Waals surface area contributed by atoms with E-state index in [1.807, 2.05) is 18.4 Å². The Morgan fingerprint density at radius 3 is 2.40 bits per heavy atom. The van der Waals surface area contributed by atoms with E-state index in [0.29, 0.717) is 5.41 Å². The van der Waals surface area contributed by atoms with Crippen molar-refractivity contribution in [2.45, 2.75) is 33.1 Å². The Morgan fingerprint density at radius 2 is 2.00 bits per heavy atom. The molecule has 1 rings (SSSR count). The van der Waals surface area contributed by atoms with E-state index in [4.69, 9.17) is 0 Å².